The molecular weight excluding hydrogens is 390 g/mol. The van der Waals surface area contributed by atoms with E-state index in [1.165, 1.54) is 26.2 Å². The van der Waals surface area contributed by atoms with Crippen molar-refractivity contribution in [3.63, 3.8) is 0 Å². The van der Waals surface area contributed by atoms with Gasteiger partial charge in [-0.25, -0.2) is 4.79 Å². The number of rotatable bonds is 9. The number of hydrogen-bond acceptors (Lipinski definition) is 7. The number of methoxy groups -OCH3 is 1. The molecule has 3 aromatic rings. The second-order valence-corrected chi connectivity index (χ2v) is 6.57. The zero-order valence-electron chi connectivity index (χ0n) is 16.5. The summed E-state index contributed by atoms with van der Waals surface area (Å²) < 4.78 is 10.3. The predicted octanol–water partition coefficient (Wildman–Crippen LogP) is 3.56. The van der Waals surface area contributed by atoms with Crippen molar-refractivity contribution in [3.8, 4) is 0 Å². The SMILES string of the molecule is COCCNc1ccc([N+](=O)[O-])cc1C(=O)O[C@@H](C)C(=O)c1c[nH]c2ccccc12. The van der Waals surface area contributed by atoms with Gasteiger partial charge in [-0.15, -0.1) is 0 Å². The monoisotopic (exact) mass is 411 g/mol. The first kappa shape index (κ1) is 21.0. The van der Waals surface area contributed by atoms with E-state index in [4.69, 9.17) is 9.47 Å². The van der Waals surface area contributed by atoms with Gasteiger partial charge in [-0.3, -0.25) is 14.9 Å². The number of carbonyl (C=O) groups is 2. The fourth-order valence-corrected chi connectivity index (χ4v) is 3.03. The van der Waals surface area contributed by atoms with Gasteiger partial charge in [-0.05, 0) is 19.1 Å². The molecule has 1 aromatic heterocycles. The number of ether oxygens (including phenoxy) is 2. The molecule has 2 aromatic carbocycles. The van der Waals surface area contributed by atoms with Crippen LogP contribution in [0.25, 0.3) is 10.9 Å². The van der Waals surface area contributed by atoms with Crippen LogP contribution in [0.5, 0.6) is 0 Å². The molecule has 2 N–H and O–H groups in total. The Balaban J connectivity index is 1.82. The Bertz CT molecular complexity index is 1090. The Morgan fingerprint density at radius 1 is 1.20 bits per heavy atom. The van der Waals surface area contributed by atoms with Crippen LogP contribution >= 0.6 is 0 Å². The molecule has 0 spiro atoms. The number of aromatic amines is 1. The maximum atomic E-state index is 12.8. The third-order valence-electron chi connectivity index (χ3n) is 4.56. The number of nitrogens with zero attached hydrogens (tertiary/aromatic N) is 1. The van der Waals surface area contributed by atoms with E-state index < -0.39 is 17.0 Å². The highest BCUT2D eigenvalue weighted by Crippen LogP contribution is 2.25. The molecule has 0 aliphatic carbocycles. The number of nitrogens with one attached hydrogen (secondary N) is 2. The third-order valence-corrected chi connectivity index (χ3v) is 4.56. The molecule has 0 aliphatic heterocycles. The minimum atomic E-state index is -1.08. The van der Waals surface area contributed by atoms with Gasteiger partial charge < -0.3 is 19.8 Å². The molecule has 1 atom stereocenters. The highest BCUT2D eigenvalue weighted by atomic mass is 16.6. The summed E-state index contributed by atoms with van der Waals surface area (Å²) in [5.74, 6) is -1.21. The lowest BCUT2D eigenvalue weighted by Gasteiger charge is -2.15. The second kappa shape index (κ2) is 9.19. The van der Waals surface area contributed by atoms with Crippen molar-refractivity contribution < 1.29 is 24.0 Å². The smallest absolute Gasteiger partial charge is 0.341 e. The number of anilines is 1. The Morgan fingerprint density at radius 2 is 1.97 bits per heavy atom. The van der Waals surface area contributed by atoms with Crippen LogP contribution in [0.2, 0.25) is 0 Å². The topological polar surface area (TPSA) is 124 Å². The summed E-state index contributed by atoms with van der Waals surface area (Å²) in [4.78, 5) is 39.1. The van der Waals surface area contributed by atoms with Crippen LogP contribution in [0.3, 0.4) is 0 Å². The number of nitro benzene ring substituents is 1. The Kier molecular flexibility index (Phi) is 6.43. The Labute approximate surface area is 172 Å². The van der Waals surface area contributed by atoms with Crippen LogP contribution in [0.1, 0.15) is 27.6 Å². The van der Waals surface area contributed by atoms with Crippen LogP contribution in [0.15, 0.2) is 48.7 Å². The van der Waals surface area contributed by atoms with Crippen LogP contribution in [-0.2, 0) is 9.47 Å². The van der Waals surface area contributed by atoms with Crippen molar-refractivity contribution in [2.45, 2.75) is 13.0 Å². The van der Waals surface area contributed by atoms with Crippen LogP contribution < -0.4 is 5.32 Å². The number of benzene rings is 2. The van der Waals surface area contributed by atoms with Gasteiger partial charge in [0.25, 0.3) is 5.69 Å². The van der Waals surface area contributed by atoms with Crippen LogP contribution in [0.4, 0.5) is 11.4 Å². The zero-order valence-corrected chi connectivity index (χ0v) is 16.5. The second-order valence-electron chi connectivity index (χ2n) is 6.57. The molecule has 156 valence electrons. The van der Waals surface area contributed by atoms with Crippen molar-refractivity contribution >= 4 is 34.0 Å². The maximum absolute atomic E-state index is 12.8. The standard InChI is InChI=1S/C21H21N3O6/c1-13(20(25)17-12-23-18-6-4-3-5-15(17)18)30-21(26)16-11-14(24(27)28)7-8-19(16)22-9-10-29-2/h3-8,11-13,22-23H,9-10H2,1-2H3/t13-/m0/s1. The summed E-state index contributed by atoms with van der Waals surface area (Å²) in [6.45, 7) is 2.23. The summed E-state index contributed by atoms with van der Waals surface area (Å²) in [6, 6.07) is 11.1. The molecule has 9 nitrogen and oxygen atoms in total. The molecular formula is C21H21N3O6. The first-order valence-corrected chi connectivity index (χ1v) is 9.25. The predicted molar refractivity (Wildman–Crippen MR) is 111 cm³/mol. The van der Waals surface area contributed by atoms with E-state index in [1.54, 1.807) is 12.3 Å². The molecule has 0 aliphatic rings. The normalized spacial score (nSPS) is 11.8. The van der Waals surface area contributed by atoms with Crippen molar-refractivity contribution in [1.82, 2.24) is 4.98 Å². The Morgan fingerprint density at radius 3 is 2.70 bits per heavy atom. The number of nitro groups is 1. The van der Waals surface area contributed by atoms with E-state index in [0.29, 0.717) is 24.4 Å². The molecule has 0 radical (unpaired) electrons. The van der Waals surface area contributed by atoms with Gasteiger partial charge in [-0.1, -0.05) is 18.2 Å². The molecule has 0 bridgehead atoms. The summed E-state index contributed by atoms with van der Waals surface area (Å²) in [6.07, 6.45) is 0.491. The summed E-state index contributed by atoms with van der Waals surface area (Å²) >= 11 is 0. The fraction of sp³-hybridized carbons (Fsp3) is 0.238. The van der Waals surface area contributed by atoms with Crippen molar-refractivity contribution in [1.29, 1.82) is 0 Å². The van der Waals surface area contributed by atoms with Gasteiger partial charge in [0.1, 0.15) is 0 Å². The van der Waals surface area contributed by atoms with E-state index in [0.717, 1.165) is 17.0 Å². The molecule has 0 unspecified atom stereocenters. The number of fused-ring (bicyclic) bond motifs is 1. The van der Waals surface area contributed by atoms with Gasteiger partial charge in [0.2, 0.25) is 5.78 Å². The quantitative estimate of drug-likeness (QED) is 0.181. The van der Waals surface area contributed by atoms with Gasteiger partial charge in [0, 0.05) is 54.1 Å². The molecule has 0 fully saturated rings. The first-order chi connectivity index (χ1) is 14.4. The number of ketones is 1. The average molecular weight is 411 g/mol. The number of para-hydroxylation sites is 1. The lowest BCUT2D eigenvalue weighted by Crippen LogP contribution is -2.25. The summed E-state index contributed by atoms with van der Waals surface area (Å²) in [5, 5.41) is 14.8. The molecule has 0 saturated heterocycles. The van der Waals surface area contributed by atoms with Crippen molar-refractivity contribution in [2.24, 2.45) is 0 Å². The number of carbonyl (C=O) groups excluding carboxylic acids is 2. The largest absolute Gasteiger partial charge is 0.451 e. The third kappa shape index (κ3) is 4.47. The lowest BCUT2D eigenvalue weighted by molar-refractivity contribution is -0.384. The van der Waals surface area contributed by atoms with Crippen LogP contribution in [-0.4, -0.2) is 48.0 Å². The highest BCUT2D eigenvalue weighted by Gasteiger charge is 2.25. The van der Waals surface area contributed by atoms with E-state index in [-0.39, 0.29) is 17.0 Å². The van der Waals surface area contributed by atoms with E-state index in [1.807, 2.05) is 18.2 Å². The molecule has 0 amide bonds. The molecule has 30 heavy (non-hydrogen) atoms. The Hall–Kier alpha value is -3.72. The number of esters is 1. The van der Waals surface area contributed by atoms with Gasteiger partial charge in [-0.2, -0.15) is 0 Å². The van der Waals surface area contributed by atoms with Crippen LogP contribution in [0, 0.1) is 10.1 Å². The minimum Gasteiger partial charge on any atom is -0.451 e. The number of hydrogen-bond donors (Lipinski definition) is 2. The van der Waals surface area contributed by atoms with Gasteiger partial charge >= 0.3 is 5.97 Å². The molecule has 3 rings (SSSR count). The van der Waals surface area contributed by atoms with Gasteiger partial charge in [0.15, 0.2) is 6.10 Å². The summed E-state index contributed by atoms with van der Waals surface area (Å²) in [5.41, 5.74) is 1.27. The highest BCUT2D eigenvalue weighted by molar-refractivity contribution is 6.10. The minimum absolute atomic E-state index is 0.0288. The first-order valence-electron chi connectivity index (χ1n) is 9.25. The fourth-order valence-electron chi connectivity index (χ4n) is 3.03. The molecule has 0 saturated carbocycles. The summed E-state index contributed by atoms with van der Waals surface area (Å²) in [7, 11) is 1.53. The van der Waals surface area contributed by atoms with Crippen molar-refractivity contribution in [3.05, 3.63) is 69.9 Å². The number of non-ortho nitro benzene ring substituents is 1. The van der Waals surface area contributed by atoms with E-state index in [9.17, 15) is 19.7 Å². The van der Waals surface area contributed by atoms with E-state index in [2.05, 4.69) is 10.3 Å². The average Bonchev–Trinajstić information content (AvgIpc) is 3.17. The number of aromatic nitrogens is 1. The maximum Gasteiger partial charge on any atom is 0.341 e. The number of Topliss-reactive ketones (excluding diaryl/α,β-unsaturated/α-hetero) is 1. The van der Waals surface area contributed by atoms with Gasteiger partial charge in [0.05, 0.1) is 17.1 Å². The molecule has 9 heteroatoms. The van der Waals surface area contributed by atoms with Crippen molar-refractivity contribution in [2.75, 3.05) is 25.6 Å². The lowest BCUT2D eigenvalue weighted by atomic mass is 10.1. The number of H-pyrrole nitrogens is 1. The zero-order chi connectivity index (χ0) is 21.7. The molecule has 1 heterocycles. The van der Waals surface area contributed by atoms with E-state index >= 15 is 0 Å².